The standard InChI is InChI=1S/C18H18Cl2N4O2S/c1-10-6-14-17(27-10)18(26)22-15(21-14)8-23(2)9-16(25)24(3)11-4-5-12(19)13(20)7-11/h4-7H,8-9H2,1-3H3,(H,21,22,26). The normalized spacial score (nSPS) is 11.3. The highest BCUT2D eigenvalue weighted by Crippen LogP contribution is 2.26. The van der Waals surface area contributed by atoms with Gasteiger partial charge in [0.25, 0.3) is 5.56 Å². The van der Waals surface area contributed by atoms with Gasteiger partial charge in [-0.1, -0.05) is 23.2 Å². The molecule has 0 spiro atoms. The van der Waals surface area contributed by atoms with Gasteiger partial charge in [0.2, 0.25) is 5.91 Å². The third-order valence-corrected chi connectivity index (χ3v) is 5.82. The molecule has 2 aromatic heterocycles. The summed E-state index contributed by atoms with van der Waals surface area (Å²) in [5.41, 5.74) is 1.19. The second-order valence-corrected chi connectivity index (χ2v) is 8.38. The minimum Gasteiger partial charge on any atom is -0.314 e. The van der Waals surface area contributed by atoms with Gasteiger partial charge in [-0.3, -0.25) is 14.5 Å². The summed E-state index contributed by atoms with van der Waals surface area (Å²) in [5.74, 6) is 0.406. The van der Waals surface area contributed by atoms with E-state index in [4.69, 9.17) is 23.2 Å². The molecule has 27 heavy (non-hydrogen) atoms. The Hall–Kier alpha value is -1.93. The molecule has 0 aliphatic carbocycles. The lowest BCUT2D eigenvalue weighted by molar-refractivity contribution is -0.119. The third kappa shape index (κ3) is 4.50. The second kappa shape index (κ2) is 7.98. The summed E-state index contributed by atoms with van der Waals surface area (Å²) in [6.07, 6.45) is 0. The number of aryl methyl sites for hydroxylation is 1. The van der Waals surface area contributed by atoms with Crippen molar-refractivity contribution in [3.8, 4) is 0 Å². The Bertz CT molecular complexity index is 1060. The number of hydrogen-bond donors (Lipinski definition) is 1. The van der Waals surface area contributed by atoms with Crippen molar-refractivity contribution in [1.82, 2.24) is 14.9 Å². The van der Waals surface area contributed by atoms with Crippen LogP contribution in [0.5, 0.6) is 0 Å². The number of carbonyl (C=O) groups excluding carboxylic acids is 1. The third-order valence-electron chi connectivity index (χ3n) is 4.04. The van der Waals surface area contributed by atoms with Gasteiger partial charge in [0.1, 0.15) is 10.5 Å². The number of anilines is 1. The second-order valence-electron chi connectivity index (χ2n) is 6.31. The number of thiophene rings is 1. The summed E-state index contributed by atoms with van der Waals surface area (Å²) in [6, 6.07) is 6.92. The van der Waals surface area contributed by atoms with Gasteiger partial charge in [-0.2, -0.15) is 0 Å². The van der Waals surface area contributed by atoms with Crippen LogP contribution < -0.4 is 10.5 Å². The van der Waals surface area contributed by atoms with E-state index in [1.807, 2.05) is 13.0 Å². The van der Waals surface area contributed by atoms with Crippen molar-refractivity contribution in [1.29, 1.82) is 0 Å². The van der Waals surface area contributed by atoms with Crippen LogP contribution in [0.2, 0.25) is 10.0 Å². The van der Waals surface area contributed by atoms with Crippen LogP contribution in [0.25, 0.3) is 10.2 Å². The molecule has 0 unspecified atom stereocenters. The highest BCUT2D eigenvalue weighted by atomic mass is 35.5. The van der Waals surface area contributed by atoms with Crippen molar-refractivity contribution in [2.45, 2.75) is 13.5 Å². The fraction of sp³-hybridized carbons (Fsp3) is 0.278. The maximum atomic E-state index is 12.5. The monoisotopic (exact) mass is 424 g/mol. The van der Waals surface area contributed by atoms with Crippen LogP contribution in [0.4, 0.5) is 5.69 Å². The number of amides is 1. The molecule has 0 aliphatic rings. The highest BCUT2D eigenvalue weighted by Gasteiger charge is 2.16. The molecular formula is C18H18Cl2N4O2S. The van der Waals surface area contributed by atoms with Gasteiger partial charge in [0, 0.05) is 17.6 Å². The first-order valence-corrected chi connectivity index (χ1v) is 9.71. The summed E-state index contributed by atoms with van der Waals surface area (Å²) in [4.78, 5) is 36.3. The fourth-order valence-electron chi connectivity index (χ4n) is 2.67. The molecule has 6 nitrogen and oxygen atoms in total. The molecule has 0 saturated heterocycles. The number of carbonyl (C=O) groups is 1. The number of likely N-dealkylation sites (N-methyl/N-ethyl adjacent to an activating group) is 2. The van der Waals surface area contributed by atoms with E-state index < -0.39 is 0 Å². The molecular weight excluding hydrogens is 407 g/mol. The Kier molecular flexibility index (Phi) is 5.86. The first kappa shape index (κ1) is 19.8. The number of aromatic amines is 1. The Balaban J connectivity index is 1.69. The van der Waals surface area contributed by atoms with E-state index >= 15 is 0 Å². The molecule has 1 amide bonds. The van der Waals surface area contributed by atoms with E-state index in [2.05, 4.69) is 9.97 Å². The molecule has 1 aromatic carbocycles. The number of nitrogens with zero attached hydrogens (tertiary/aromatic N) is 3. The van der Waals surface area contributed by atoms with Gasteiger partial charge < -0.3 is 9.88 Å². The molecule has 2 heterocycles. The van der Waals surface area contributed by atoms with Gasteiger partial charge in [-0.25, -0.2) is 4.98 Å². The van der Waals surface area contributed by atoms with E-state index in [0.29, 0.717) is 38.3 Å². The summed E-state index contributed by atoms with van der Waals surface area (Å²) in [5, 5.41) is 0.829. The summed E-state index contributed by atoms with van der Waals surface area (Å²) < 4.78 is 0.620. The molecule has 0 atom stereocenters. The SMILES string of the molecule is Cc1cc2nc(CN(C)CC(=O)N(C)c3ccc(Cl)c(Cl)c3)[nH]c(=O)c2s1. The quantitative estimate of drug-likeness (QED) is 0.677. The first-order chi connectivity index (χ1) is 12.7. The number of halogens is 2. The van der Waals surface area contributed by atoms with Crippen molar-refractivity contribution < 1.29 is 4.79 Å². The lowest BCUT2D eigenvalue weighted by atomic mass is 10.3. The Morgan fingerprint density at radius 2 is 1.96 bits per heavy atom. The van der Waals surface area contributed by atoms with Crippen LogP contribution >= 0.6 is 34.5 Å². The van der Waals surface area contributed by atoms with Gasteiger partial charge >= 0.3 is 0 Å². The number of hydrogen-bond acceptors (Lipinski definition) is 5. The zero-order valence-electron chi connectivity index (χ0n) is 15.0. The predicted octanol–water partition coefficient (Wildman–Crippen LogP) is 3.69. The van der Waals surface area contributed by atoms with Crippen molar-refractivity contribution in [3.05, 3.63) is 55.4 Å². The van der Waals surface area contributed by atoms with Crippen LogP contribution in [0.1, 0.15) is 10.7 Å². The molecule has 142 valence electrons. The lowest BCUT2D eigenvalue weighted by Gasteiger charge is -2.22. The predicted molar refractivity (Wildman–Crippen MR) is 111 cm³/mol. The Labute approximate surface area is 170 Å². The van der Waals surface area contributed by atoms with Crippen molar-refractivity contribution in [3.63, 3.8) is 0 Å². The topological polar surface area (TPSA) is 69.3 Å². The molecule has 0 bridgehead atoms. The summed E-state index contributed by atoms with van der Waals surface area (Å²) in [6.45, 7) is 2.44. The molecule has 0 saturated carbocycles. The summed E-state index contributed by atoms with van der Waals surface area (Å²) >= 11 is 13.4. The number of fused-ring (bicyclic) bond motifs is 1. The van der Waals surface area contributed by atoms with Crippen LogP contribution in [0, 0.1) is 6.92 Å². The van der Waals surface area contributed by atoms with Crippen LogP contribution in [0.3, 0.4) is 0 Å². The van der Waals surface area contributed by atoms with Gasteiger partial charge in [0.15, 0.2) is 0 Å². The zero-order chi connectivity index (χ0) is 19.7. The maximum Gasteiger partial charge on any atom is 0.268 e. The smallest absolute Gasteiger partial charge is 0.268 e. The minimum absolute atomic E-state index is 0.120. The van der Waals surface area contributed by atoms with Gasteiger partial charge in [0.05, 0.1) is 28.7 Å². The van der Waals surface area contributed by atoms with Crippen molar-refractivity contribution in [2.24, 2.45) is 0 Å². The van der Waals surface area contributed by atoms with E-state index in [1.165, 1.54) is 16.2 Å². The zero-order valence-corrected chi connectivity index (χ0v) is 17.4. The van der Waals surface area contributed by atoms with Crippen molar-refractivity contribution >= 4 is 56.3 Å². The molecule has 0 radical (unpaired) electrons. The van der Waals surface area contributed by atoms with E-state index in [-0.39, 0.29) is 18.0 Å². The van der Waals surface area contributed by atoms with Gasteiger partial charge in [-0.05, 0) is 38.2 Å². The number of rotatable bonds is 5. The number of aromatic nitrogens is 2. The molecule has 0 fully saturated rings. The van der Waals surface area contributed by atoms with Crippen LogP contribution in [-0.4, -0.2) is 41.4 Å². The highest BCUT2D eigenvalue weighted by molar-refractivity contribution is 7.18. The van der Waals surface area contributed by atoms with Crippen LogP contribution in [0.15, 0.2) is 29.1 Å². The molecule has 9 heteroatoms. The molecule has 0 aliphatic heterocycles. The first-order valence-electron chi connectivity index (χ1n) is 8.14. The molecule has 3 rings (SSSR count). The molecule has 3 aromatic rings. The van der Waals surface area contributed by atoms with Gasteiger partial charge in [-0.15, -0.1) is 11.3 Å². The van der Waals surface area contributed by atoms with E-state index in [9.17, 15) is 9.59 Å². The summed E-state index contributed by atoms with van der Waals surface area (Å²) in [7, 11) is 3.47. The van der Waals surface area contributed by atoms with Crippen molar-refractivity contribution in [2.75, 3.05) is 25.5 Å². The largest absolute Gasteiger partial charge is 0.314 e. The number of H-pyrrole nitrogens is 1. The number of benzene rings is 1. The Morgan fingerprint density at radius 1 is 1.22 bits per heavy atom. The van der Waals surface area contributed by atoms with E-state index in [0.717, 1.165) is 4.88 Å². The average Bonchev–Trinajstić information content (AvgIpc) is 2.97. The average molecular weight is 425 g/mol. The minimum atomic E-state index is -0.152. The maximum absolute atomic E-state index is 12.5. The van der Waals surface area contributed by atoms with E-state index in [1.54, 1.807) is 37.2 Å². The fourth-order valence-corrected chi connectivity index (χ4v) is 3.81. The Morgan fingerprint density at radius 3 is 2.67 bits per heavy atom. The lowest BCUT2D eigenvalue weighted by Crippen LogP contribution is -2.36. The molecule has 1 N–H and O–H groups in total. The van der Waals surface area contributed by atoms with Crippen LogP contribution in [-0.2, 0) is 11.3 Å². The number of nitrogens with one attached hydrogen (secondary N) is 1.